The van der Waals surface area contributed by atoms with E-state index in [1.54, 1.807) is 14.2 Å². The molecule has 1 saturated carbocycles. The summed E-state index contributed by atoms with van der Waals surface area (Å²) in [6.07, 6.45) is 4.99. The molecule has 0 aromatic rings. The van der Waals surface area contributed by atoms with Crippen LogP contribution in [0.5, 0.6) is 0 Å². The van der Waals surface area contributed by atoms with E-state index >= 15 is 0 Å². The van der Waals surface area contributed by atoms with E-state index in [9.17, 15) is 0 Å². The maximum Gasteiger partial charge on any atom is 0.568 e. The van der Waals surface area contributed by atoms with E-state index in [4.69, 9.17) is 13.3 Å². The van der Waals surface area contributed by atoms with Crippen molar-refractivity contribution in [1.29, 1.82) is 0 Å². The molecule has 0 aromatic heterocycles. The lowest BCUT2D eigenvalue weighted by Gasteiger charge is -2.37. The van der Waals surface area contributed by atoms with Crippen molar-refractivity contribution in [1.82, 2.24) is 0 Å². The van der Waals surface area contributed by atoms with Crippen LogP contribution in [0, 0.1) is 0 Å². The third kappa shape index (κ3) is 1.55. The highest BCUT2D eigenvalue weighted by atomic mass is 28.4. The number of hydrogen-bond acceptors (Lipinski definition) is 3. The van der Waals surface area contributed by atoms with E-state index in [1.807, 2.05) is 0 Å². The minimum absolute atomic E-state index is 0.477. The van der Waals surface area contributed by atoms with Crippen LogP contribution in [-0.2, 0) is 13.3 Å². The van der Waals surface area contributed by atoms with Crippen LogP contribution in [0.2, 0.25) is 5.54 Å². The van der Waals surface area contributed by atoms with Crippen LogP contribution in [0.4, 0.5) is 0 Å². The van der Waals surface area contributed by atoms with Crippen LogP contribution >= 0.6 is 0 Å². The van der Waals surface area contributed by atoms with Gasteiger partial charge in [0.1, 0.15) is 0 Å². The molecule has 1 aliphatic carbocycles. The Morgan fingerprint density at radius 2 is 1.92 bits per heavy atom. The molecule has 0 aromatic carbocycles. The van der Waals surface area contributed by atoms with Gasteiger partial charge in [-0.25, -0.2) is 0 Å². The van der Waals surface area contributed by atoms with Crippen molar-refractivity contribution in [2.75, 3.05) is 14.2 Å². The van der Waals surface area contributed by atoms with E-state index in [2.05, 4.69) is 6.58 Å². The Morgan fingerprint density at radius 1 is 1.33 bits per heavy atom. The summed E-state index contributed by atoms with van der Waals surface area (Å²) in [5.74, 6) is 0. The van der Waals surface area contributed by atoms with E-state index in [0.29, 0.717) is 5.54 Å². The molecule has 4 heteroatoms. The predicted octanol–water partition coefficient (Wildman–Crippen LogP) is 1.93. The Bertz CT molecular complexity index is 152. The highest BCUT2D eigenvalue weighted by Crippen LogP contribution is 2.42. The molecule has 3 nitrogen and oxygen atoms in total. The van der Waals surface area contributed by atoms with Crippen molar-refractivity contribution in [3.05, 3.63) is 12.8 Å². The van der Waals surface area contributed by atoms with Gasteiger partial charge in [-0.1, -0.05) is 13.0 Å². The third-order valence-electron chi connectivity index (χ3n) is 2.42. The summed E-state index contributed by atoms with van der Waals surface area (Å²) >= 11 is 0. The van der Waals surface area contributed by atoms with Crippen molar-refractivity contribution in [3.63, 3.8) is 0 Å². The zero-order valence-electron chi connectivity index (χ0n) is 7.71. The molecule has 0 radical (unpaired) electrons. The van der Waals surface area contributed by atoms with Crippen LogP contribution in [0.1, 0.15) is 19.3 Å². The van der Waals surface area contributed by atoms with E-state index in [0.717, 1.165) is 12.8 Å². The highest BCUT2D eigenvalue weighted by Gasteiger charge is 2.52. The van der Waals surface area contributed by atoms with Crippen molar-refractivity contribution in [2.24, 2.45) is 0 Å². The van der Waals surface area contributed by atoms with Crippen LogP contribution in [0.3, 0.4) is 0 Å². The molecule has 0 atom stereocenters. The second kappa shape index (κ2) is 4.07. The molecule has 0 unspecified atom stereocenters. The minimum atomic E-state index is -2.38. The molecule has 0 amide bonds. The van der Waals surface area contributed by atoms with Gasteiger partial charge in [-0.2, -0.15) is 0 Å². The molecule has 0 heterocycles. The minimum Gasteiger partial charge on any atom is -0.508 e. The lowest BCUT2D eigenvalue weighted by atomic mass is 10.00. The topological polar surface area (TPSA) is 27.7 Å². The molecule has 0 aliphatic heterocycles. The van der Waals surface area contributed by atoms with Gasteiger partial charge >= 0.3 is 8.80 Å². The zero-order valence-corrected chi connectivity index (χ0v) is 8.71. The van der Waals surface area contributed by atoms with Gasteiger partial charge in [0.2, 0.25) is 0 Å². The fraction of sp³-hybridized carbons (Fsp3) is 0.750. The first-order valence-corrected chi connectivity index (χ1v) is 5.98. The van der Waals surface area contributed by atoms with Crippen molar-refractivity contribution < 1.29 is 13.3 Å². The molecule has 0 spiro atoms. The molecule has 70 valence electrons. The van der Waals surface area contributed by atoms with E-state index in [-0.39, 0.29) is 0 Å². The Morgan fingerprint density at radius 3 is 2.17 bits per heavy atom. The summed E-state index contributed by atoms with van der Waals surface area (Å²) in [5, 5.41) is 0. The molecule has 0 saturated heterocycles. The van der Waals surface area contributed by atoms with Crippen molar-refractivity contribution >= 4 is 8.80 Å². The fourth-order valence-corrected chi connectivity index (χ4v) is 4.05. The first-order chi connectivity index (χ1) is 5.79. The summed E-state index contributed by atoms with van der Waals surface area (Å²) in [6.45, 7) is 3.53. The molecule has 1 fully saturated rings. The number of hydrogen-bond donors (Lipinski definition) is 0. The lowest BCUT2D eigenvalue weighted by molar-refractivity contribution is 0.113. The summed E-state index contributed by atoms with van der Waals surface area (Å²) in [4.78, 5) is 0. The Hall–Kier alpha value is -0.323. The van der Waals surface area contributed by atoms with Gasteiger partial charge in [-0.05, 0) is 12.8 Å². The Kier molecular flexibility index (Phi) is 3.31. The summed E-state index contributed by atoms with van der Waals surface area (Å²) < 4.78 is 16.1. The zero-order chi connectivity index (χ0) is 9.03. The third-order valence-corrected chi connectivity index (χ3v) is 5.63. The quantitative estimate of drug-likeness (QED) is 0.487. The smallest absolute Gasteiger partial charge is 0.508 e. The maximum atomic E-state index is 5.39. The fourth-order valence-electron chi connectivity index (χ4n) is 1.49. The van der Waals surface area contributed by atoms with Gasteiger partial charge in [-0.15, -0.1) is 0 Å². The highest BCUT2D eigenvalue weighted by molar-refractivity contribution is 6.62. The summed E-state index contributed by atoms with van der Waals surface area (Å²) in [6, 6.07) is 0. The first-order valence-electron chi connectivity index (χ1n) is 4.18. The maximum absolute atomic E-state index is 5.39. The molecule has 0 bridgehead atoms. The molecule has 1 rings (SSSR count). The molecule has 0 N–H and O–H groups in total. The standard InChI is InChI=1S/C8H16O3Si/c1-4-11-12(9-2,10-3)8-6-5-7-8/h4,8H,1,5-7H2,2-3H3. The molecule has 12 heavy (non-hydrogen) atoms. The number of rotatable bonds is 5. The predicted molar refractivity (Wildman–Crippen MR) is 48.7 cm³/mol. The van der Waals surface area contributed by atoms with Crippen LogP contribution in [0.25, 0.3) is 0 Å². The van der Waals surface area contributed by atoms with Crippen LogP contribution in [-0.4, -0.2) is 23.0 Å². The molecular weight excluding hydrogens is 172 g/mol. The monoisotopic (exact) mass is 188 g/mol. The van der Waals surface area contributed by atoms with Gasteiger partial charge in [0.25, 0.3) is 0 Å². The molecule has 1 aliphatic rings. The van der Waals surface area contributed by atoms with E-state index in [1.165, 1.54) is 12.7 Å². The average Bonchev–Trinajstić information content (AvgIpc) is 2.00. The van der Waals surface area contributed by atoms with Gasteiger partial charge < -0.3 is 13.3 Å². The largest absolute Gasteiger partial charge is 0.568 e. The van der Waals surface area contributed by atoms with Gasteiger partial charge in [0.15, 0.2) is 0 Å². The first kappa shape index (κ1) is 9.76. The van der Waals surface area contributed by atoms with Crippen LogP contribution in [0.15, 0.2) is 12.8 Å². The summed E-state index contributed by atoms with van der Waals surface area (Å²) in [5.41, 5.74) is 0.477. The molecular formula is C8H16O3Si. The SMILES string of the molecule is C=CO[Si](OC)(OC)C1CCC1. The second-order valence-corrected chi connectivity index (χ2v) is 6.00. The van der Waals surface area contributed by atoms with E-state index < -0.39 is 8.80 Å². The Balaban J connectivity index is 2.59. The van der Waals surface area contributed by atoms with Gasteiger partial charge in [0, 0.05) is 19.8 Å². The van der Waals surface area contributed by atoms with Gasteiger partial charge in [0.05, 0.1) is 6.26 Å². The average molecular weight is 188 g/mol. The lowest BCUT2D eigenvalue weighted by Crippen LogP contribution is -2.49. The normalized spacial score (nSPS) is 18.5. The summed E-state index contributed by atoms with van der Waals surface area (Å²) in [7, 11) is 0.923. The van der Waals surface area contributed by atoms with Crippen LogP contribution < -0.4 is 0 Å². The van der Waals surface area contributed by atoms with Crippen molar-refractivity contribution in [3.8, 4) is 0 Å². The second-order valence-electron chi connectivity index (χ2n) is 2.92. The Labute approximate surface area is 74.7 Å². The van der Waals surface area contributed by atoms with Crippen molar-refractivity contribution in [2.45, 2.75) is 24.8 Å². The van der Waals surface area contributed by atoms with Gasteiger partial charge in [-0.3, -0.25) is 0 Å².